The molecule has 0 radical (unpaired) electrons. The minimum absolute atomic E-state index is 0.198. The van der Waals surface area contributed by atoms with Gasteiger partial charge >= 0.3 is 0 Å². The van der Waals surface area contributed by atoms with Crippen molar-refractivity contribution in [2.45, 2.75) is 103 Å². The molecule has 3 fully saturated rings. The standard InChI is InChI=1S/C26H42O4/c1-17-20(15-21(27)16-24(17)28)9-8-19-7-6-12-26(5)22(10-11-23(19)26)18(2)30-14-13-25(3,4)29/h8-9,18,21-24,27-29H,1,6-7,10-16H2,2-5H3/b19-8+,20-9-/t18?,21?,22-,23+,24?,26-/m1/s1. The molecule has 0 aromatic carbocycles. The van der Waals surface area contributed by atoms with Gasteiger partial charge in [-0.25, -0.2) is 0 Å². The maximum Gasteiger partial charge on any atom is 0.0811 e. The van der Waals surface area contributed by atoms with Crippen LogP contribution in [0.25, 0.3) is 0 Å². The summed E-state index contributed by atoms with van der Waals surface area (Å²) >= 11 is 0. The van der Waals surface area contributed by atoms with E-state index in [0.717, 1.165) is 17.6 Å². The van der Waals surface area contributed by atoms with E-state index in [4.69, 9.17) is 4.74 Å². The van der Waals surface area contributed by atoms with Gasteiger partial charge in [-0.1, -0.05) is 31.2 Å². The summed E-state index contributed by atoms with van der Waals surface area (Å²) in [6.45, 7) is 13.0. The number of allylic oxidation sites excluding steroid dienone is 3. The van der Waals surface area contributed by atoms with E-state index in [9.17, 15) is 15.3 Å². The molecule has 170 valence electrons. The number of aliphatic hydroxyl groups is 3. The quantitative estimate of drug-likeness (QED) is 0.585. The van der Waals surface area contributed by atoms with Crippen LogP contribution in [0.3, 0.4) is 0 Å². The Balaban J connectivity index is 1.70. The molecule has 0 heterocycles. The molecule has 3 N–H and O–H groups in total. The van der Waals surface area contributed by atoms with Gasteiger partial charge in [0.1, 0.15) is 0 Å². The van der Waals surface area contributed by atoms with Crippen molar-refractivity contribution in [3.63, 3.8) is 0 Å². The van der Waals surface area contributed by atoms with Gasteiger partial charge in [0.05, 0.1) is 23.9 Å². The summed E-state index contributed by atoms with van der Waals surface area (Å²) in [5, 5.41) is 30.1. The fraction of sp³-hybridized carbons (Fsp3) is 0.769. The van der Waals surface area contributed by atoms with Crippen LogP contribution in [0.4, 0.5) is 0 Å². The summed E-state index contributed by atoms with van der Waals surface area (Å²) in [4.78, 5) is 0. The summed E-state index contributed by atoms with van der Waals surface area (Å²) in [5.74, 6) is 1.11. The number of rotatable bonds is 6. The van der Waals surface area contributed by atoms with Gasteiger partial charge in [-0.05, 0) is 94.1 Å². The number of hydrogen-bond acceptors (Lipinski definition) is 4. The minimum Gasteiger partial charge on any atom is -0.393 e. The van der Waals surface area contributed by atoms with Crippen LogP contribution in [0.15, 0.2) is 35.5 Å². The average Bonchev–Trinajstić information content (AvgIpc) is 3.00. The van der Waals surface area contributed by atoms with Gasteiger partial charge in [-0.2, -0.15) is 0 Å². The molecule has 6 atom stereocenters. The number of hydrogen-bond donors (Lipinski definition) is 3. The number of ether oxygens (including phenoxy) is 1. The number of fused-ring (bicyclic) bond motifs is 1. The van der Waals surface area contributed by atoms with E-state index in [1.165, 1.54) is 31.3 Å². The van der Waals surface area contributed by atoms with Crippen LogP contribution in [0.2, 0.25) is 0 Å². The predicted molar refractivity (Wildman–Crippen MR) is 121 cm³/mol. The molecular weight excluding hydrogens is 376 g/mol. The van der Waals surface area contributed by atoms with Crippen LogP contribution in [-0.2, 0) is 4.74 Å². The predicted octanol–water partition coefficient (Wildman–Crippen LogP) is 4.69. The van der Waals surface area contributed by atoms with Crippen LogP contribution in [0.5, 0.6) is 0 Å². The molecule has 4 nitrogen and oxygen atoms in total. The zero-order valence-electron chi connectivity index (χ0n) is 19.4. The van der Waals surface area contributed by atoms with E-state index in [0.29, 0.717) is 37.7 Å². The molecule has 0 saturated heterocycles. The van der Waals surface area contributed by atoms with Crippen LogP contribution >= 0.6 is 0 Å². The third kappa shape index (κ3) is 5.27. The van der Waals surface area contributed by atoms with Gasteiger partial charge < -0.3 is 20.1 Å². The fourth-order valence-corrected chi connectivity index (χ4v) is 6.13. The first-order valence-corrected chi connectivity index (χ1v) is 11.8. The van der Waals surface area contributed by atoms with Crippen LogP contribution < -0.4 is 0 Å². The molecule has 30 heavy (non-hydrogen) atoms. The third-order valence-electron chi connectivity index (χ3n) is 7.96. The van der Waals surface area contributed by atoms with Gasteiger partial charge in [0, 0.05) is 13.0 Å². The highest BCUT2D eigenvalue weighted by atomic mass is 16.5. The maximum absolute atomic E-state index is 10.1. The van der Waals surface area contributed by atoms with Crippen molar-refractivity contribution >= 4 is 0 Å². The van der Waals surface area contributed by atoms with E-state index >= 15 is 0 Å². The SMILES string of the molecule is C=C1/C(=C\C=C2/CCC[C@]3(C)[C@@H](C(C)OCCC(C)(C)O)CC[C@@H]23)CC(O)CC1O. The van der Waals surface area contributed by atoms with Crippen LogP contribution in [-0.4, -0.2) is 45.8 Å². The first-order chi connectivity index (χ1) is 14.0. The molecule has 0 aromatic heterocycles. The first-order valence-electron chi connectivity index (χ1n) is 11.8. The zero-order valence-corrected chi connectivity index (χ0v) is 19.4. The summed E-state index contributed by atoms with van der Waals surface area (Å²) in [6.07, 6.45) is 11.0. The Labute approximate surface area is 182 Å². The highest BCUT2D eigenvalue weighted by Gasteiger charge is 2.51. The monoisotopic (exact) mass is 418 g/mol. The van der Waals surface area contributed by atoms with Gasteiger partial charge in [-0.15, -0.1) is 0 Å². The summed E-state index contributed by atoms with van der Waals surface area (Å²) in [7, 11) is 0. The lowest BCUT2D eigenvalue weighted by molar-refractivity contribution is -0.0454. The van der Waals surface area contributed by atoms with Gasteiger partial charge in [0.15, 0.2) is 0 Å². The second kappa shape index (κ2) is 9.28. The second-order valence-corrected chi connectivity index (χ2v) is 10.8. The molecule has 4 heteroatoms. The lowest BCUT2D eigenvalue weighted by atomic mass is 9.62. The molecule has 0 aliphatic heterocycles. The highest BCUT2D eigenvalue weighted by Crippen LogP contribution is 2.58. The Kier molecular flexibility index (Phi) is 7.33. The molecule has 3 saturated carbocycles. The van der Waals surface area contributed by atoms with Crippen LogP contribution in [0, 0.1) is 17.3 Å². The lowest BCUT2D eigenvalue weighted by Crippen LogP contribution is -2.39. The first kappa shape index (κ1) is 23.7. The third-order valence-corrected chi connectivity index (χ3v) is 7.96. The van der Waals surface area contributed by atoms with Gasteiger partial charge in [0.2, 0.25) is 0 Å². The molecule has 0 amide bonds. The van der Waals surface area contributed by atoms with Crippen molar-refractivity contribution in [2.75, 3.05) is 6.61 Å². The van der Waals surface area contributed by atoms with E-state index in [1.54, 1.807) is 0 Å². The smallest absolute Gasteiger partial charge is 0.0811 e. The van der Waals surface area contributed by atoms with Gasteiger partial charge in [-0.3, -0.25) is 0 Å². The van der Waals surface area contributed by atoms with E-state index < -0.39 is 17.8 Å². The molecule has 0 aromatic rings. The Morgan fingerprint density at radius 3 is 2.70 bits per heavy atom. The van der Waals surface area contributed by atoms with Crippen LogP contribution in [0.1, 0.15) is 79.1 Å². The minimum atomic E-state index is -0.680. The molecule has 3 unspecified atom stereocenters. The molecule has 0 spiro atoms. The Bertz CT molecular complexity index is 686. The summed E-state index contributed by atoms with van der Waals surface area (Å²) in [6, 6.07) is 0. The lowest BCUT2D eigenvalue weighted by Gasteiger charge is -2.44. The zero-order chi connectivity index (χ0) is 22.1. The normalized spacial score (nSPS) is 38.8. The maximum atomic E-state index is 10.1. The van der Waals surface area contributed by atoms with E-state index in [2.05, 4.69) is 32.6 Å². The van der Waals surface area contributed by atoms with Crippen molar-refractivity contribution in [1.29, 1.82) is 0 Å². The Hall–Kier alpha value is -0.940. The summed E-state index contributed by atoms with van der Waals surface area (Å²) < 4.78 is 6.19. The van der Waals surface area contributed by atoms with Crippen molar-refractivity contribution in [3.05, 3.63) is 35.5 Å². The van der Waals surface area contributed by atoms with E-state index in [-0.39, 0.29) is 11.5 Å². The highest BCUT2D eigenvalue weighted by molar-refractivity contribution is 5.38. The Morgan fingerprint density at radius 1 is 1.27 bits per heavy atom. The van der Waals surface area contributed by atoms with Gasteiger partial charge in [0.25, 0.3) is 0 Å². The summed E-state index contributed by atoms with van der Waals surface area (Å²) in [5.41, 5.74) is 2.82. The van der Waals surface area contributed by atoms with E-state index in [1.807, 2.05) is 13.8 Å². The fourth-order valence-electron chi connectivity index (χ4n) is 6.13. The van der Waals surface area contributed by atoms with Crippen molar-refractivity contribution in [1.82, 2.24) is 0 Å². The molecule has 3 aliphatic carbocycles. The largest absolute Gasteiger partial charge is 0.393 e. The number of aliphatic hydroxyl groups excluding tert-OH is 2. The Morgan fingerprint density at radius 2 is 2.00 bits per heavy atom. The molecule has 0 bridgehead atoms. The van der Waals surface area contributed by atoms with Crippen molar-refractivity contribution in [3.8, 4) is 0 Å². The van der Waals surface area contributed by atoms with Crippen molar-refractivity contribution < 1.29 is 20.1 Å². The second-order valence-electron chi connectivity index (χ2n) is 10.8. The molecule has 3 rings (SSSR count). The average molecular weight is 419 g/mol. The molecule has 3 aliphatic rings. The topological polar surface area (TPSA) is 69.9 Å². The molecular formula is C26H42O4. The van der Waals surface area contributed by atoms with Crippen molar-refractivity contribution in [2.24, 2.45) is 17.3 Å².